The molecule has 1 aliphatic rings. The van der Waals surface area contributed by atoms with Gasteiger partial charge >= 0.3 is 15.5 Å². The first-order valence-electron chi connectivity index (χ1n) is 9.25. The van der Waals surface area contributed by atoms with Crippen LogP contribution in [0.3, 0.4) is 0 Å². The number of hydrogen-bond acceptors (Lipinski definition) is 5. The van der Waals surface area contributed by atoms with E-state index in [1.807, 2.05) is 4.90 Å². The van der Waals surface area contributed by atoms with Crippen molar-refractivity contribution in [1.82, 2.24) is 14.3 Å². The summed E-state index contributed by atoms with van der Waals surface area (Å²) < 4.78 is 70.3. The summed E-state index contributed by atoms with van der Waals surface area (Å²) in [5.41, 5.74) is -3.54. The lowest BCUT2D eigenvalue weighted by atomic mass is 10.1. The third kappa shape index (κ3) is 4.46. The fraction of sp³-hybridized carbons (Fsp3) is 0.421. The van der Waals surface area contributed by atoms with Gasteiger partial charge in [0.2, 0.25) is 0 Å². The van der Waals surface area contributed by atoms with Crippen LogP contribution in [-0.2, 0) is 23.1 Å². The van der Waals surface area contributed by atoms with Gasteiger partial charge in [-0.25, -0.2) is 13.4 Å². The number of ether oxygens (including phenoxy) is 1. The Morgan fingerprint density at radius 1 is 1.40 bits per heavy atom. The van der Waals surface area contributed by atoms with Crippen molar-refractivity contribution >= 4 is 15.7 Å². The minimum atomic E-state index is -5.51. The summed E-state index contributed by atoms with van der Waals surface area (Å²) in [6, 6.07) is 4.52. The molecule has 1 aromatic carbocycles. The molecule has 0 saturated heterocycles. The number of fused-ring (bicyclic) bond motifs is 1. The van der Waals surface area contributed by atoms with Crippen LogP contribution in [0.25, 0.3) is 0 Å². The van der Waals surface area contributed by atoms with E-state index in [4.69, 9.17) is 4.74 Å². The molecule has 2 heterocycles. The van der Waals surface area contributed by atoms with E-state index in [0.717, 1.165) is 5.69 Å². The first-order valence-corrected chi connectivity index (χ1v) is 10.7. The van der Waals surface area contributed by atoms with Crippen molar-refractivity contribution in [2.75, 3.05) is 18.6 Å². The van der Waals surface area contributed by atoms with E-state index in [1.165, 1.54) is 13.4 Å². The summed E-state index contributed by atoms with van der Waals surface area (Å²) in [5, 5.41) is 0. The van der Waals surface area contributed by atoms with Crippen molar-refractivity contribution in [2.45, 2.75) is 37.5 Å². The fourth-order valence-electron chi connectivity index (χ4n) is 3.54. The van der Waals surface area contributed by atoms with E-state index in [0.29, 0.717) is 40.7 Å². The molecule has 1 aromatic heterocycles. The molecule has 1 aliphatic heterocycles. The zero-order valence-electron chi connectivity index (χ0n) is 16.4. The summed E-state index contributed by atoms with van der Waals surface area (Å²) in [6.45, 7) is 3.31. The lowest BCUT2D eigenvalue weighted by molar-refractivity contribution is -0.0492. The molecule has 7 nitrogen and oxygen atoms in total. The normalized spacial score (nSPS) is 18.0. The van der Waals surface area contributed by atoms with Crippen molar-refractivity contribution < 1.29 is 26.3 Å². The van der Waals surface area contributed by atoms with Crippen LogP contribution in [0, 0.1) is 0 Å². The van der Waals surface area contributed by atoms with Crippen LogP contribution < -0.4 is 9.64 Å². The standard InChI is InChI=1S/C19H23F3N4O3S/c1-3-4-5-16-12-25(30(27,28)19(20,21)22)10-14-8-17(29-2)6-7-18(14)26(16)11-15-9-23-13-24-15/h3,6-9,13,16H,1,4-5,10-12H2,2H3,(H,23,24). The third-order valence-electron chi connectivity index (χ3n) is 5.03. The number of hydrogen-bond donors (Lipinski definition) is 1. The Balaban J connectivity index is 2.11. The number of halogens is 3. The molecule has 164 valence electrons. The van der Waals surface area contributed by atoms with Crippen LogP contribution in [0.2, 0.25) is 0 Å². The first-order chi connectivity index (χ1) is 14.2. The van der Waals surface area contributed by atoms with Gasteiger partial charge in [-0.05, 0) is 36.6 Å². The Kier molecular flexibility index (Phi) is 6.41. The number of nitrogens with zero attached hydrogens (tertiary/aromatic N) is 3. The number of anilines is 1. The maximum absolute atomic E-state index is 13.4. The van der Waals surface area contributed by atoms with Crippen molar-refractivity contribution in [3.63, 3.8) is 0 Å². The number of H-pyrrole nitrogens is 1. The number of imidazole rings is 1. The molecule has 3 rings (SSSR count). The predicted octanol–water partition coefficient (Wildman–Crippen LogP) is 3.42. The van der Waals surface area contributed by atoms with Crippen molar-refractivity contribution in [1.29, 1.82) is 0 Å². The second kappa shape index (κ2) is 8.68. The van der Waals surface area contributed by atoms with Crippen LogP contribution in [0.1, 0.15) is 24.1 Å². The highest BCUT2D eigenvalue weighted by Gasteiger charge is 2.51. The van der Waals surface area contributed by atoms with Crippen LogP contribution in [-0.4, -0.2) is 47.9 Å². The van der Waals surface area contributed by atoms with Crippen LogP contribution in [0.5, 0.6) is 5.75 Å². The second-order valence-electron chi connectivity index (χ2n) is 6.96. The molecule has 1 N–H and O–H groups in total. The maximum atomic E-state index is 13.4. The molecule has 2 aromatic rings. The number of sulfonamides is 1. The van der Waals surface area contributed by atoms with Gasteiger partial charge in [0, 0.05) is 31.0 Å². The highest BCUT2D eigenvalue weighted by Crippen LogP contribution is 2.37. The summed E-state index contributed by atoms with van der Waals surface area (Å²) in [4.78, 5) is 8.90. The van der Waals surface area contributed by atoms with Gasteiger partial charge in [0.25, 0.3) is 0 Å². The molecule has 0 aliphatic carbocycles. The number of allylic oxidation sites excluding steroid dienone is 1. The van der Waals surface area contributed by atoms with Crippen molar-refractivity contribution in [2.24, 2.45) is 0 Å². The topological polar surface area (TPSA) is 78.5 Å². The monoisotopic (exact) mass is 444 g/mol. The van der Waals surface area contributed by atoms with Crippen LogP contribution in [0.4, 0.5) is 18.9 Å². The Morgan fingerprint density at radius 3 is 2.77 bits per heavy atom. The van der Waals surface area contributed by atoms with Gasteiger partial charge in [-0.15, -0.1) is 6.58 Å². The minimum absolute atomic E-state index is 0.305. The van der Waals surface area contributed by atoms with E-state index in [9.17, 15) is 21.6 Å². The lowest BCUT2D eigenvalue weighted by Crippen LogP contribution is -2.46. The molecule has 1 atom stereocenters. The Bertz CT molecular complexity index is 977. The zero-order valence-corrected chi connectivity index (χ0v) is 17.2. The van der Waals surface area contributed by atoms with E-state index in [2.05, 4.69) is 16.5 Å². The largest absolute Gasteiger partial charge is 0.511 e. The predicted molar refractivity (Wildman–Crippen MR) is 106 cm³/mol. The van der Waals surface area contributed by atoms with Crippen molar-refractivity contribution in [3.8, 4) is 5.75 Å². The van der Waals surface area contributed by atoms with E-state index in [1.54, 1.807) is 30.5 Å². The van der Waals surface area contributed by atoms with Gasteiger partial charge in [0.05, 0.1) is 25.7 Å². The number of aromatic nitrogens is 2. The molecule has 1 unspecified atom stereocenters. The molecule has 0 spiro atoms. The minimum Gasteiger partial charge on any atom is -0.497 e. The summed E-state index contributed by atoms with van der Waals surface area (Å²) in [6.07, 6.45) is 5.77. The van der Waals surface area contributed by atoms with Crippen LogP contribution in [0.15, 0.2) is 43.4 Å². The van der Waals surface area contributed by atoms with Gasteiger partial charge < -0.3 is 14.6 Å². The van der Waals surface area contributed by atoms with E-state index >= 15 is 0 Å². The average molecular weight is 444 g/mol. The quantitative estimate of drug-likeness (QED) is 0.662. The van der Waals surface area contributed by atoms with Crippen molar-refractivity contribution in [3.05, 3.63) is 54.6 Å². The van der Waals surface area contributed by atoms with Gasteiger partial charge in [0.15, 0.2) is 0 Å². The highest BCUT2D eigenvalue weighted by atomic mass is 32.2. The highest BCUT2D eigenvalue weighted by molar-refractivity contribution is 7.89. The Hall–Kier alpha value is -2.53. The SMILES string of the molecule is C=CCCC1CN(S(=O)(=O)C(F)(F)F)Cc2cc(OC)ccc2N1Cc1cnc[nH]1. The van der Waals surface area contributed by atoms with Crippen LogP contribution >= 0.6 is 0 Å². The summed E-state index contributed by atoms with van der Waals surface area (Å²) in [7, 11) is -4.07. The third-order valence-corrected chi connectivity index (χ3v) is 6.57. The number of alkyl halides is 3. The maximum Gasteiger partial charge on any atom is 0.511 e. The first kappa shape index (κ1) is 22.2. The smallest absolute Gasteiger partial charge is 0.497 e. The number of rotatable bonds is 7. The lowest BCUT2D eigenvalue weighted by Gasteiger charge is -2.34. The Morgan fingerprint density at radius 2 is 2.17 bits per heavy atom. The zero-order chi connectivity index (χ0) is 21.9. The molecule has 0 bridgehead atoms. The van der Waals surface area contributed by atoms with E-state index < -0.39 is 28.1 Å². The fourth-order valence-corrected chi connectivity index (χ4v) is 4.51. The molecule has 0 radical (unpaired) electrons. The molecule has 0 fully saturated rings. The van der Waals surface area contributed by atoms with Gasteiger partial charge in [-0.3, -0.25) is 0 Å². The average Bonchev–Trinajstić information content (AvgIpc) is 3.15. The molecule has 0 saturated carbocycles. The molecule has 30 heavy (non-hydrogen) atoms. The molecular formula is C19H23F3N4O3S. The number of benzene rings is 1. The van der Waals surface area contributed by atoms with Gasteiger partial charge in [-0.2, -0.15) is 17.5 Å². The molecule has 11 heteroatoms. The number of nitrogens with one attached hydrogen (secondary N) is 1. The Labute approximate surface area is 173 Å². The molecule has 0 amide bonds. The number of aromatic amines is 1. The van der Waals surface area contributed by atoms with E-state index in [-0.39, 0.29) is 6.54 Å². The second-order valence-corrected chi connectivity index (χ2v) is 8.89. The van der Waals surface area contributed by atoms with Gasteiger partial charge in [-0.1, -0.05) is 6.08 Å². The summed E-state index contributed by atoms with van der Waals surface area (Å²) in [5.74, 6) is 0.434. The van der Waals surface area contributed by atoms with Gasteiger partial charge in [0.1, 0.15) is 5.75 Å². The number of methoxy groups -OCH3 is 1. The molecular weight excluding hydrogens is 421 g/mol. The summed E-state index contributed by atoms with van der Waals surface area (Å²) >= 11 is 0.